The fraction of sp³-hybridized carbons (Fsp3) is 0.250. The summed E-state index contributed by atoms with van der Waals surface area (Å²) in [4.78, 5) is 33.6. The zero-order chi connectivity index (χ0) is 19.5. The number of hydrogen-bond donors (Lipinski definition) is 4. The number of benzene rings is 1. The molecule has 2 aromatic heterocycles. The highest BCUT2D eigenvalue weighted by molar-refractivity contribution is 6.06. The van der Waals surface area contributed by atoms with Crippen molar-refractivity contribution in [2.24, 2.45) is 0 Å². The van der Waals surface area contributed by atoms with E-state index in [0.717, 1.165) is 42.7 Å². The van der Waals surface area contributed by atoms with E-state index < -0.39 is 5.91 Å². The van der Waals surface area contributed by atoms with Gasteiger partial charge in [-0.15, -0.1) is 0 Å². The molecule has 1 aliphatic heterocycles. The van der Waals surface area contributed by atoms with Crippen LogP contribution < -0.4 is 15.7 Å². The summed E-state index contributed by atoms with van der Waals surface area (Å²) in [7, 11) is 0. The third kappa shape index (κ3) is 3.54. The largest absolute Gasteiger partial charge is 0.360 e. The Labute approximate surface area is 161 Å². The van der Waals surface area contributed by atoms with Crippen LogP contribution in [0.4, 0.5) is 5.82 Å². The summed E-state index contributed by atoms with van der Waals surface area (Å²) in [5.41, 5.74) is 3.51. The molecule has 3 heterocycles. The number of carbonyl (C=O) groups is 2. The van der Waals surface area contributed by atoms with Crippen molar-refractivity contribution < 1.29 is 14.8 Å². The molecular weight excluding hydrogens is 358 g/mol. The van der Waals surface area contributed by atoms with Gasteiger partial charge in [0.1, 0.15) is 5.82 Å². The van der Waals surface area contributed by atoms with Gasteiger partial charge in [-0.25, -0.2) is 10.5 Å². The topological polar surface area (TPSA) is 110 Å². The number of aromatic nitrogens is 2. The van der Waals surface area contributed by atoms with Gasteiger partial charge in [-0.3, -0.25) is 14.8 Å². The monoisotopic (exact) mass is 379 g/mol. The van der Waals surface area contributed by atoms with Crippen molar-refractivity contribution in [2.45, 2.75) is 18.9 Å². The molecule has 2 amide bonds. The molecule has 3 aromatic rings. The zero-order valence-electron chi connectivity index (χ0n) is 15.2. The molecule has 0 aliphatic carbocycles. The molecule has 8 nitrogen and oxygen atoms in total. The number of para-hydroxylation sites is 1. The summed E-state index contributed by atoms with van der Waals surface area (Å²) in [6, 6.07) is 11.2. The van der Waals surface area contributed by atoms with Crippen LogP contribution in [-0.2, 0) is 0 Å². The van der Waals surface area contributed by atoms with E-state index in [1.807, 2.05) is 24.3 Å². The molecule has 0 unspecified atom stereocenters. The van der Waals surface area contributed by atoms with Gasteiger partial charge >= 0.3 is 0 Å². The van der Waals surface area contributed by atoms with E-state index in [9.17, 15) is 9.59 Å². The first kappa shape index (κ1) is 18.0. The van der Waals surface area contributed by atoms with Crippen LogP contribution in [0, 0.1) is 0 Å². The molecule has 0 spiro atoms. The number of hydrogen-bond acceptors (Lipinski definition) is 5. The van der Waals surface area contributed by atoms with Crippen LogP contribution in [0.1, 0.15) is 33.6 Å². The number of amides is 2. The Bertz CT molecular complexity index is 991. The van der Waals surface area contributed by atoms with Gasteiger partial charge in [0, 0.05) is 42.4 Å². The predicted molar refractivity (Wildman–Crippen MR) is 104 cm³/mol. The number of fused-ring (bicyclic) bond motifs is 1. The van der Waals surface area contributed by atoms with E-state index in [1.54, 1.807) is 23.8 Å². The minimum atomic E-state index is -0.585. The lowest BCUT2D eigenvalue weighted by Crippen LogP contribution is -2.45. The van der Waals surface area contributed by atoms with Crippen LogP contribution in [0.3, 0.4) is 0 Å². The maximum absolute atomic E-state index is 12.7. The molecule has 28 heavy (non-hydrogen) atoms. The first-order valence-electron chi connectivity index (χ1n) is 9.18. The molecule has 0 radical (unpaired) electrons. The minimum Gasteiger partial charge on any atom is -0.360 e. The molecular formula is C20H21N5O3. The Balaban J connectivity index is 1.35. The number of H-pyrrole nitrogens is 1. The van der Waals surface area contributed by atoms with Crippen LogP contribution >= 0.6 is 0 Å². The number of aromatic amines is 1. The average molecular weight is 379 g/mol. The summed E-state index contributed by atoms with van der Waals surface area (Å²) in [6.07, 6.45) is 4.82. The highest BCUT2D eigenvalue weighted by atomic mass is 16.5. The van der Waals surface area contributed by atoms with E-state index in [4.69, 9.17) is 5.21 Å². The summed E-state index contributed by atoms with van der Waals surface area (Å²) < 4.78 is 0. The van der Waals surface area contributed by atoms with Crippen molar-refractivity contribution >= 4 is 28.5 Å². The number of anilines is 1. The number of nitrogens with one attached hydrogen (secondary N) is 3. The molecule has 1 aliphatic rings. The molecule has 1 aromatic carbocycles. The fourth-order valence-electron chi connectivity index (χ4n) is 3.55. The Morgan fingerprint density at radius 2 is 1.89 bits per heavy atom. The van der Waals surface area contributed by atoms with Crippen LogP contribution in [0.2, 0.25) is 0 Å². The van der Waals surface area contributed by atoms with Gasteiger partial charge in [-0.1, -0.05) is 18.2 Å². The van der Waals surface area contributed by atoms with Crippen LogP contribution in [-0.4, -0.2) is 46.1 Å². The quantitative estimate of drug-likeness (QED) is 0.410. The predicted octanol–water partition coefficient (Wildman–Crippen LogP) is 2.08. The second-order valence-corrected chi connectivity index (χ2v) is 6.83. The molecule has 4 N–H and O–H groups in total. The van der Waals surface area contributed by atoms with Crippen molar-refractivity contribution in [1.82, 2.24) is 20.8 Å². The van der Waals surface area contributed by atoms with Crippen molar-refractivity contribution in [2.75, 3.05) is 18.0 Å². The van der Waals surface area contributed by atoms with E-state index in [0.29, 0.717) is 11.1 Å². The number of carbonyl (C=O) groups excluding carboxylic acids is 2. The van der Waals surface area contributed by atoms with Crippen LogP contribution in [0.25, 0.3) is 10.9 Å². The van der Waals surface area contributed by atoms with E-state index >= 15 is 0 Å². The minimum absolute atomic E-state index is 0.0617. The molecule has 1 fully saturated rings. The Morgan fingerprint density at radius 3 is 2.61 bits per heavy atom. The molecule has 0 bridgehead atoms. The Kier molecular flexibility index (Phi) is 4.94. The number of piperidine rings is 1. The fourth-order valence-corrected chi connectivity index (χ4v) is 3.55. The van der Waals surface area contributed by atoms with Crippen molar-refractivity contribution in [3.05, 3.63) is 59.9 Å². The Hall–Kier alpha value is -3.39. The maximum atomic E-state index is 12.7. The average Bonchev–Trinajstić information content (AvgIpc) is 3.18. The van der Waals surface area contributed by atoms with Crippen LogP contribution in [0.15, 0.2) is 48.8 Å². The van der Waals surface area contributed by atoms with Gasteiger partial charge in [0.15, 0.2) is 0 Å². The standard InChI is InChI=1S/C20H21N5O3/c26-19(24-28)13-5-6-18(22-11-13)25-9-7-14(8-10-25)23-20(27)16-12-21-17-4-2-1-3-15(16)17/h1-6,11-12,14,21,28H,7-10H2,(H,23,27)(H,24,26). The van der Waals surface area contributed by atoms with Gasteiger partial charge in [-0.2, -0.15) is 0 Å². The first-order chi connectivity index (χ1) is 13.7. The third-order valence-corrected chi connectivity index (χ3v) is 5.10. The highest BCUT2D eigenvalue weighted by Gasteiger charge is 2.23. The number of hydroxylamine groups is 1. The molecule has 4 rings (SSSR count). The summed E-state index contributed by atoms with van der Waals surface area (Å²) >= 11 is 0. The second kappa shape index (κ2) is 7.69. The summed E-state index contributed by atoms with van der Waals surface area (Å²) in [6.45, 7) is 1.52. The van der Waals surface area contributed by atoms with Crippen molar-refractivity contribution in [3.8, 4) is 0 Å². The number of pyridine rings is 1. The van der Waals surface area contributed by atoms with E-state index in [-0.39, 0.29) is 11.9 Å². The zero-order valence-corrected chi connectivity index (χ0v) is 15.2. The normalized spacial score (nSPS) is 14.8. The van der Waals surface area contributed by atoms with Gasteiger partial charge < -0.3 is 15.2 Å². The van der Waals surface area contributed by atoms with Gasteiger partial charge in [0.2, 0.25) is 0 Å². The molecule has 0 atom stereocenters. The lowest BCUT2D eigenvalue weighted by molar-refractivity contribution is 0.0706. The SMILES string of the molecule is O=C(NO)c1ccc(N2CCC(NC(=O)c3c[nH]c4ccccc34)CC2)nc1. The molecule has 8 heteroatoms. The van der Waals surface area contributed by atoms with Crippen molar-refractivity contribution in [3.63, 3.8) is 0 Å². The number of nitrogens with zero attached hydrogens (tertiary/aromatic N) is 2. The first-order valence-corrected chi connectivity index (χ1v) is 9.18. The lowest BCUT2D eigenvalue weighted by Gasteiger charge is -2.33. The molecule has 1 saturated heterocycles. The number of rotatable bonds is 4. The molecule has 144 valence electrons. The summed E-state index contributed by atoms with van der Waals surface area (Å²) in [5.74, 6) is 0.127. The maximum Gasteiger partial charge on any atom is 0.276 e. The van der Waals surface area contributed by atoms with Crippen molar-refractivity contribution in [1.29, 1.82) is 0 Å². The van der Waals surface area contributed by atoms with E-state index in [1.165, 1.54) is 6.20 Å². The van der Waals surface area contributed by atoms with E-state index in [2.05, 4.69) is 20.2 Å². The van der Waals surface area contributed by atoms with Gasteiger partial charge in [0.25, 0.3) is 11.8 Å². The molecule has 0 saturated carbocycles. The van der Waals surface area contributed by atoms with Gasteiger partial charge in [-0.05, 0) is 31.0 Å². The third-order valence-electron chi connectivity index (χ3n) is 5.10. The highest BCUT2D eigenvalue weighted by Crippen LogP contribution is 2.20. The van der Waals surface area contributed by atoms with Gasteiger partial charge in [0.05, 0.1) is 11.1 Å². The smallest absolute Gasteiger partial charge is 0.276 e. The summed E-state index contributed by atoms with van der Waals surface area (Å²) in [5, 5.41) is 12.7. The van der Waals surface area contributed by atoms with Crippen LogP contribution in [0.5, 0.6) is 0 Å². The lowest BCUT2D eigenvalue weighted by atomic mass is 10.0. The second-order valence-electron chi connectivity index (χ2n) is 6.83. The Morgan fingerprint density at radius 1 is 1.11 bits per heavy atom.